The monoisotopic (exact) mass is 354 g/mol. The molecule has 0 saturated heterocycles. The zero-order valence-electron chi connectivity index (χ0n) is 15.7. The summed E-state index contributed by atoms with van der Waals surface area (Å²) in [7, 11) is 1.73. The number of ether oxygens (including phenoxy) is 1. The molecule has 0 aliphatic carbocycles. The van der Waals surface area contributed by atoms with Gasteiger partial charge in [-0.15, -0.1) is 11.3 Å². The first-order valence-corrected chi connectivity index (χ1v) is 8.83. The van der Waals surface area contributed by atoms with E-state index in [1.54, 1.807) is 18.4 Å². The minimum Gasteiger partial charge on any atom is -0.444 e. The van der Waals surface area contributed by atoms with Gasteiger partial charge in [0.1, 0.15) is 5.60 Å². The molecule has 24 heavy (non-hydrogen) atoms. The molecule has 0 spiro atoms. The Morgan fingerprint density at radius 3 is 2.38 bits per heavy atom. The minimum absolute atomic E-state index is 0.425. The zero-order chi connectivity index (χ0) is 18.4. The Kier molecular flexibility index (Phi) is 7.08. The fourth-order valence-electron chi connectivity index (χ4n) is 1.90. The first kappa shape index (κ1) is 20.3. The van der Waals surface area contributed by atoms with Crippen molar-refractivity contribution in [3.05, 3.63) is 21.9 Å². The molecule has 1 aromatic rings. The Balaban J connectivity index is 2.44. The van der Waals surface area contributed by atoms with Crippen LogP contribution in [0.15, 0.2) is 17.1 Å². The molecule has 7 heteroatoms. The molecule has 0 fully saturated rings. The molecule has 6 nitrogen and oxygen atoms in total. The second kappa shape index (κ2) is 8.37. The molecule has 3 N–H and O–H groups in total. The van der Waals surface area contributed by atoms with Gasteiger partial charge < -0.3 is 20.7 Å². The highest BCUT2D eigenvalue weighted by Gasteiger charge is 2.24. The van der Waals surface area contributed by atoms with Crippen LogP contribution in [-0.2, 0) is 11.3 Å². The largest absolute Gasteiger partial charge is 0.444 e. The molecule has 0 aliphatic heterocycles. The van der Waals surface area contributed by atoms with Crippen LogP contribution in [0.2, 0.25) is 0 Å². The van der Waals surface area contributed by atoms with Gasteiger partial charge in [0.2, 0.25) is 0 Å². The SMILES string of the molecule is CN=C(NCc1ccc(C)s1)NCC(C)(C)NC(=O)OC(C)(C)C. The van der Waals surface area contributed by atoms with E-state index in [1.165, 1.54) is 9.75 Å². The van der Waals surface area contributed by atoms with Gasteiger partial charge >= 0.3 is 6.09 Å². The molecule has 1 aromatic heterocycles. The molecular formula is C17H30N4O2S. The average Bonchev–Trinajstić information content (AvgIpc) is 2.81. The van der Waals surface area contributed by atoms with Crippen LogP contribution in [0.3, 0.4) is 0 Å². The maximum absolute atomic E-state index is 11.9. The van der Waals surface area contributed by atoms with Gasteiger partial charge in [-0.25, -0.2) is 4.79 Å². The van der Waals surface area contributed by atoms with Crippen LogP contribution >= 0.6 is 11.3 Å². The normalized spacial score (nSPS) is 12.7. The fraction of sp³-hybridized carbons (Fsp3) is 0.647. The second-order valence-electron chi connectivity index (χ2n) is 7.30. The Morgan fingerprint density at radius 2 is 1.88 bits per heavy atom. The molecule has 0 saturated carbocycles. The summed E-state index contributed by atoms with van der Waals surface area (Å²) in [4.78, 5) is 18.6. The highest BCUT2D eigenvalue weighted by molar-refractivity contribution is 7.11. The number of alkyl carbamates (subject to hydrolysis) is 1. The van der Waals surface area contributed by atoms with E-state index in [-0.39, 0.29) is 0 Å². The zero-order valence-corrected chi connectivity index (χ0v) is 16.6. The number of amides is 1. The van der Waals surface area contributed by atoms with Crippen molar-refractivity contribution in [3.8, 4) is 0 Å². The summed E-state index contributed by atoms with van der Waals surface area (Å²) < 4.78 is 5.29. The molecule has 0 radical (unpaired) electrons. The first-order chi connectivity index (χ1) is 11.0. The fourth-order valence-corrected chi connectivity index (χ4v) is 2.73. The molecule has 1 amide bonds. The lowest BCUT2D eigenvalue weighted by atomic mass is 10.1. The summed E-state index contributed by atoms with van der Waals surface area (Å²) in [6.45, 7) is 12.7. The number of nitrogens with one attached hydrogen (secondary N) is 3. The summed E-state index contributed by atoms with van der Waals surface area (Å²) >= 11 is 1.76. The van der Waals surface area contributed by atoms with Crippen molar-refractivity contribution in [3.63, 3.8) is 0 Å². The third-order valence-electron chi connectivity index (χ3n) is 2.99. The van der Waals surface area contributed by atoms with Crippen molar-refractivity contribution in [1.82, 2.24) is 16.0 Å². The van der Waals surface area contributed by atoms with E-state index in [9.17, 15) is 4.79 Å². The minimum atomic E-state index is -0.510. The van der Waals surface area contributed by atoms with E-state index >= 15 is 0 Å². The van der Waals surface area contributed by atoms with Crippen molar-refractivity contribution < 1.29 is 9.53 Å². The number of rotatable bonds is 5. The van der Waals surface area contributed by atoms with Crippen LogP contribution in [-0.4, -0.2) is 36.8 Å². The van der Waals surface area contributed by atoms with Crippen molar-refractivity contribution >= 4 is 23.4 Å². The van der Waals surface area contributed by atoms with Crippen LogP contribution in [0.1, 0.15) is 44.4 Å². The van der Waals surface area contributed by atoms with Crippen LogP contribution in [0.25, 0.3) is 0 Å². The molecule has 0 bridgehead atoms. The van der Waals surface area contributed by atoms with Gasteiger partial charge in [-0.3, -0.25) is 4.99 Å². The number of carbonyl (C=O) groups is 1. The van der Waals surface area contributed by atoms with Gasteiger partial charge in [0.05, 0.1) is 12.1 Å². The third-order valence-corrected chi connectivity index (χ3v) is 3.99. The number of nitrogens with zero attached hydrogens (tertiary/aromatic N) is 1. The third kappa shape index (κ3) is 8.19. The Labute approximate surface area is 149 Å². The summed E-state index contributed by atoms with van der Waals surface area (Å²) in [6.07, 6.45) is -0.425. The van der Waals surface area contributed by atoms with Gasteiger partial charge in [-0.2, -0.15) is 0 Å². The summed E-state index contributed by atoms with van der Waals surface area (Å²) in [5.74, 6) is 0.695. The van der Waals surface area contributed by atoms with Crippen LogP contribution in [0.4, 0.5) is 4.79 Å². The Bertz CT molecular complexity index is 573. The lowest BCUT2D eigenvalue weighted by Gasteiger charge is -2.29. The summed E-state index contributed by atoms with van der Waals surface area (Å²) in [6, 6.07) is 4.21. The predicted octanol–water partition coefficient (Wildman–Crippen LogP) is 3.02. The molecule has 1 heterocycles. The smallest absolute Gasteiger partial charge is 0.408 e. The maximum Gasteiger partial charge on any atom is 0.408 e. The molecule has 0 atom stereocenters. The number of hydrogen-bond donors (Lipinski definition) is 3. The van der Waals surface area contributed by atoms with E-state index in [4.69, 9.17) is 4.74 Å². The second-order valence-corrected chi connectivity index (χ2v) is 8.67. The maximum atomic E-state index is 11.9. The molecule has 0 aliphatic rings. The number of thiophene rings is 1. The van der Waals surface area contributed by atoms with Gasteiger partial charge in [0, 0.05) is 23.3 Å². The molecular weight excluding hydrogens is 324 g/mol. The highest BCUT2D eigenvalue weighted by Crippen LogP contribution is 2.14. The van der Waals surface area contributed by atoms with E-state index in [1.807, 2.05) is 34.6 Å². The van der Waals surface area contributed by atoms with Crippen LogP contribution < -0.4 is 16.0 Å². The first-order valence-electron chi connectivity index (χ1n) is 8.02. The van der Waals surface area contributed by atoms with E-state index in [0.717, 1.165) is 6.54 Å². The van der Waals surface area contributed by atoms with E-state index in [0.29, 0.717) is 12.5 Å². The number of carbonyl (C=O) groups excluding carboxylic acids is 1. The molecule has 0 aromatic carbocycles. The lowest BCUT2D eigenvalue weighted by molar-refractivity contribution is 0.0474. The highest BCUT2D eigenvalue weighted by atomic mass is 32.1. The molecule has 1 rings (SSSR count). The molecule has 0 unspecified atom stereocenters. The summed E-state index contributed by atoms with van der Waals surface area (Å²) in [5, 5.41) is 9.36. The number of guanidine groups is 1. The van der Waals surface area contributed by atoms with Crippen molar-refractivity contribution in [2.45, 2.75) is 59.2 Å². The number of aliphatic imine (C=N–C) groups is 1. The van der Waals surface area contributed by atoms with Gasteiger partial charge in [0.25, 0.3) is 0 Å². The van der Waals surface area contributed by atoms with Crippen molar-refractivity contribution in [2.75, 3.05) is 13.6 Å². The topological polar surface area (TPSA) is 74.8 Å². The average molecular weight is 355 g/mol. The van der Waals surface area contributed by atoms with Crippen LogP contribution in [0.5, 0.6) is 0 Å². The van der Waals surface area contributed by atoms with E-state index < -0.39 is 17.2 Å². The summed E-state index contributed by atoms with van der Waals surface area (Å²) in [5.41, 5.74) is -0.983. The number of hydrogen-bond acceptors (Lipinski definition) is 4. The quantitative estimate of drug-likeness (QED) is 0.561. The standard InChI is InChI=1S/C17H30N4O2S/c1-12-8-9-13(24-12)10-19-14(18-7)20-11-17(5,6)21-15(22)23-16(2,3)4/h8-9H,10-11H2,1-7H3,(H,21,22)(H2,18,19,20). The van der Waals surface area contributed by atoms with Gasteiger partial charge in [-0.1, -0.05) is 0 Å². The van der Waals surface area contributed by atoms with Gasteiger partial charge in [0.15, 0.2) is 5.96 Å². The van der Waals surface area contributed by atoms with Gasteiger partial charge in [-0.05, 0) is 53.7 Å². The lowest BCUT2D eigenvalue weighted by Crippen LogP contribution is -2.54. The van der Waals surface area contributed by atoms with Crippen molar-refractivity contribution in [2.24, 2.45) is 4.99 Å². The van der Waals surface area contributed by atoms with Crippen molar-refractivity contribution in [1.29, 1.82) is 0 Å². The Hall–Kier alpha value is -1.76. The number of aryl methyl sites for hydroxylation is 1. The van der Waals surface area contributed by atoms with E-state index in [2.05, 4.69) is 40.0 Å². The predicted molar refractivity (Wildman–Crippen MR) is 101 cm³/mol. The molecule has 136 valence electrons. The Morgan fingerprint density at radius 1 is 1.21 bits per heavy atom. The van der Waals surface area contributed by atoms with Crippen LogP contribution in [0, 0.1) is 6.92 Å².